The Morgan fingerprint density at radius 2 is 2.11 bits per heavy atom. The first kappa shape index (κ1) is 18.9. The van der Waals surface area contributed by atoms with Gasteiger partial charge in [-0.05, 0) is 44.2 Å². The van der Waals surface area contributed by atoms with Gasteiger partial charge < -0.3 is 10.2 Å². The average Bonchev–Trinajstić information content (AvgIpc) is 3.01. The molecule has 0 atom stereocenters. The zero-order valence-corrected chi connectivity index (χ0v) is 16.5. The summed E-state index contributed by atoms with van der Waals surface area (Å²) in [6.07, 6.45) is 7.23. The maximum Gasteiger partial charge on any atom is 0.234 e. The Balaban J connectivity index is 1.27. The van der Waals surface area contributed by atoms with Crippen molar-refractivity contribution >= 4 is 11.6 Å². The smallest absolute Gasteiger partial charge is 0.234 e. The Labute approximate surface area is 165 Å². The standard InChI is InChI=1S/C20H29N7O/c1-16-11-19(3-7-21-16)26-9-4-17(5-10-26)12-27-14-18(23-24-27)13-25-8-2-6-22-20(28)15-25/h3,7,11,14,17H,2,4-6,8-10,12-13,15H2,1H3,(H,22,28). The SMILES string of the molecule is Cc1cc(N2CCC(Cn3cc(CN4CCCNC(=O)C4)nn3)CC2)ccn1. The first-order valence-electron chi connectivity index (χ1n) is 10.2. The summed E-state index contributed by atoms with van der Waals surface area (Å²) in [5.74, 6) is 0.721. The summed E-state index contributed by atoms with van der Waals surface area (Å²) >= 11 is 0. The van der Waals surface area contributed by atoms with Gasteiger partial charge in [-0.25, -0.2) is 0 Å². The highest BCUT2D eigenvalue weighted by molar-refractivity contribution is 5.78. The van der Waals surface area contributed by atoms with Gasteiger partial charge in [-0.1, -0.05) is 5.21 Å². The highest BCUT2D eigenvalue weighted by atomic mass is 16.2. The molecule has 2 saturated heterocycles. The third kappa shape index (κ3) is 4.86. The summed E-state index contributed by atoms with van der Waals surface area (Å²) in [5.41, 5.74) is 3.28. The number of carbonyl (C=O) groups excluding carboxylic acids is 1. The molecule has 0 saturated carbocycles. The van der Waals surface area contributed by atoms with E-state index in [9.17, 15) is 4.79 Å². The largest absolute Gasteiger partial charge is 0.371 e. The molecule has 0 radical (unpaired) electrons. The average molecular weight is 384 g/mol. The minimum absolute atomic E-state index is 0.0982. The highest BCUT2D eigenvalue weighted by Gasteiger charge is 2.21. The summed E-state index contributed by atoms with van der Waals surface area (Å²) < 4.78 is 1.98. The lowest BCUT2D eigenvalue weighted by molar-refractivity contribution is -0.121. The van der Waals surface area contributed by atoms with E-state index in [2.05, 4.69) is 42.5 Å². The Morgan fingerprint density at radius 3 is 2.93 bits per heavy atom. The first-order chi connectivity index (χ1) is 13.7. The minimum atomic E-state index is 0.0982. The van der Waals surface area contributed by atoms with E-state index in [0.29, 0.717) is 19.0 Å². The Morgan fingerprint density at radius 1 is 1.25 bits per heavy atom. The molecule has 28 heavy (non-hydrogen) atoms. The van der Waals surface area contributed by atoms with E-state index in [1.807, 2.05) is 24.0 Å². The number of aromatic nitrogens is 4. The van der Waals surface area contributed by atoms with Crippen LogP contribution in [0.2, 0.25) is 0 Å². The third-order valence-electron chi connectivity index (χ3n) is 5.62. The van der Waals surface area contributed by atoms with Crippen LogP contribution in [0.25, 0.3) is 0 Å². The summed E-state index contributed by atoms with van der Waals surface area (Å²) in [4.78, 5) is 20.6. The van der Waals surface area contributed by atoms with E-state index >= 15 is 0 Å². The second kappa shape index (κ2) is 8.68. The molecule has 0 spiro atoms. The molecule has 0 bridgehead atoms. The van der Waals surface area contributed by atoms with Crippen LogP contribution in [0.5, 0.6) is 0 Å². The van der Waals surface area contributed by atoms with Gasteiger partial charge in [0.25, 0.3) is 0 Å². The number of pyridine rings is 1. The minimum Gasteiger partial charge on any atom is -0.371 e. The number of carbonyl (C=O) groups is 1. The molecule has 1 N–H and O–H groups in total. The highest BCUT2D eigenvalue weighted by Crippen LogP contribution is 2.24. The maximum atomic E-state index is 11.7. The monoisotopic (exact) mass is 383 g/mol. The number of hydrogen-bond acceptors (Lipinski definition) is 6. The van der Waals surface area contributed by atoms with Gasteiger partial charge in [-0.2, -0.15) is 0 Å². The second-order valence-electron chi connectivity index (χ2n) is 7.93. The Hall–Kier alpha value is -2.48. The lowest BCUT2D eigenvalue weighted by atomic mass is 9.96. The molecule has 2 aliphatic rings. The van der Waals surface area contributed by atoms with E-state index in [4.69, 9.17) is 0 Å². The van der Waals surface area contributed by atoms with Crippen LogP contribution in [0.3, 0.4) is 0 Å². The third-order valence-corrected chi connectivity index (χ3v) is 5.62. The van der Waals surface area contributed by atoms with Crippen LogP contribution >= 0.6 is 0 Å². The van der Waals surface area contributed by atoms with Crippen LogP contribution in [-0.2, 0) is 17.9 Å². The second-order valence-corrected chi connectivity index (χ2v) is 7.93. The number of anilines is 1. The van der Waals surface area contributed by atoms with Crippen molar-refractivity contribution in [1.29, 1.82) is 0 Å². The van der Waals surface area contributed by atoms with Crippen molar-refractivity contribution in [2.24, 2.45) is 5.92 Å². The molecule has 0 unspecified atom stereocenters. The summed E-state index contributed by atoms with van der Waals surface area (Å²) in [7, 11) is 0. The van der Waals surface area contributed by atoms with Crippen molar-refractivity contribution in [2.45, 2.75) is 39.3 Å². The lowest BCUT2D eigenvalue weighted by Crippen LogP contribution is -2.35. The van der Waals surface area contributed by atoms with Crippen molar-refractivity contribution in [3.8, 4) is 0 Å². The van der Waals surface area contributed by atoms with Gasteiger partial charge in [0.1, 0.15) is 0 Å². The van der Waals surface area contributed by atoms with E-state index in [1.165, 1.54) is 5.69 Å². The van der Waals surface area contributed by atoms with Crippen molar-refractivity contribution in [3.05, 3.63) is 35.9 Å². The molecule has 4 heterocycles. The number of hydrogen-bond donors (Lipinski definition) is 1. The fraction of sp³-hybridized carbons (Fsp3) is 0.600. The molecular formula is C20H29N7O. The molecule has 0 aliphatic carbocycles. The van der Waals surface area contributed by atoms with Gasteiger partial charge in [0.05, 0.1) is 12.2 Å². The normalized spacial score (nSPS) is 19.5. The number of nitrogens with zero attached hydrogens (tertiary/aromatic N) is 6. The van der Waals surface area contributed by atoms with Crippen LogP contribution < -0.4 is 10.2 Å². The van der Waals surface area contributed by atoms with Gasteiger partial charge in [0.2, 0.25) is 5.91 Å². The van der Waals surface area contributed by atoms with E-state index in [0.717, 1.165) is 63.4 Å². The van der Waals surface area contributed by atoms with Crippen LogP contribution in [-0.4, -0.2) is 63.5 Å². The number of rotatable bonds is 5. The fourth-order valence-corrected chi connectivity index (χ4v) is 4.10. The van der Waals surface area contributed by atoms with Crippen molar-refractivity contribution in [3.63, 3.8) is 0 Å². The molecular weight excluding hydrogens is 354 g/mol. The van der Waals surface area contributed by atoms with Crippen molar-refractivity contribution < 1.29 is 4.79 Å². The van der Waals surface area contributed by atoms with Crippen molar-refractivity contribution in [2.75, 3.05) is 37.6 Å². The number of amides is 1. The van der Waals surface area contributed by atoms with Gasteiger partial charge in [-0.15, -0.1) is 5.10 Å². The molecule has 2 fully saturated rings. The molecule has 8 nitrogen and oxygen atoms in total. The molecule has 4 rings (SSSR count). The predicted molar refractivity (Wildman–Crippen MR) is 107 cm³/mol. The van der Waals surface area contributed by atoms with Crippen LogP contribution in [0, 0.1) is 12.8 Å². The van der Waals surface area contributed by atoms with E-state index in [-0.39, 0.29) is 5.91 Å². The van der Waals surface area contributed by atoms with Gasteiger partial charge >= 0.3 is 0 Å². The molecule has 2 aromatic heterocycles. The molecule has 1 amide bonds. The van der Waals surface area contributed by atoms with E-state index < -0.39 is 0 Å². The molecule has 0 aromatic carbocycles. The maximum absolute atomic E-state index is 11.7. The fourth-order valence-electron chi connectivity index (χ4n) is 4.10. The lowest BCUT2D eigenvalue weighted by Gasteiger charge is -2.33. The van der Waals surface area contributed by atoms with Gasteiger partial charge in [0, 0.05) is 63.0 Å². The molecule has 150 valence electrons. The zero-order valence-electron chi connectivity index (χ0n) is 16.5. The summed E-state index contributed by atoms with van der Waals surface area (Å²) in [6.45, 7) is 7.90. The predicted octanol–water partition coefficient (Wildman–Crippen LogP) is 1.22. The van der Waals surface area contributed by atoms with Crippen LogP contribution in [0.4, 0.5) is 5.69 Å². The Kier molecular flexibility index (Phi) is 5.85. The quantitative estimate of drug-likeness (QED) is 0.836. The van der Waals surface area contributed by atoms with E-state index in [1.54, 1.807) is 0 Å². The van der Waals surface area contributed by atoms with Crippen molar-refractivity contribution in [1.82, 2.24) is 30.2 Å². The van der Waals surface area contributed by atoms with Crippen LogP contribution in [0.15, 0.2) is 24.5 Å². The summed E-state index contributed by atoms with van der Waals surface area (Å²) in [5, 5.41) is 11.6. The zero-order chi connectivity index (χ0) is 19.3. The van der Waals surface area contributed by atoms with Crippen LogP contribution in [0.1, 0.15) is 30.7 Å². The number of nitrogens with one attached hydrogen (secondary N) is 1. The topological polar surface area (TPSA) is 79.2 Å². The molecule has 2 aromatic rings. The van der Waals surface area contributed by atoms with Gasteiger partial charge in [-0.3, -0.25) is 19.4 Å². The first-order valence-corrected chi connectivity index (χ1v) is 10.2. The summed E-state index contributed by atoms with van der Waals surface area (Å²) in [6, 6.07) is 4.26. The number of aryl methyl sites for hydroxylation is 1. The number of piperidine rings is 1. The molecule has 2 aliphatic heterocycles. The van der Waals surface area contributed by atoms with Gasteiger partial charge in [0.15, 0.2) is 0 Å². The Bertz CT molecular complexity index is 797. The molecule has 8 heteroatoms.